The van der Waals surface area contributed by atoms with Gasteiger partial charge < -0.3 is 5.11 Å². The van der Waals surface area contributed by atoms with E-state index in [1.807, 2.05) is 11.4 Å². The Morgan fingerprint density at radius 1 is 0.889 bits per heavy atom. The first-order valence-corrected chi connectivity index (χ1v) is 7.50. The first-order chi connectivity index (χ1) is 7.86. The Morgan fingerprint density at radius 2 is 1.39 bits per heavy atom. The fourth-order valence-electron chi connectivity index (χ4n) is 2.64. The molecule has 0 spiro atoms. The zero-order valence-electron chi connectivity index (χ0n) is 13.1. The van der Waals surface area contributed by atoms with Gasteiger partial charge in [-0.25, -0.2) is 0 Å². The number of rotatable bonds is 2. The van der Waals surface area contributed by atoms with Crippen molar-refractivity contribution in [1.82, 2.24) is 0 Å². The predicted molar refractivity (Wildman–Crippen MR) is 80.9 cm³/mol. The minimum atomic E-state index is -0.841. The lowest BCUT2D eigenvalue weighted by Gasteiger charge is -2.56. The van der Waals surface area contributed by atoms with Crippen LogP contribution in [0.1, 0.15) is 60.3 Å². The van der Waals surface area contributed by atoms with Crippen LogP contribution in [0.15, 0.2) is 17.5 Å². The van der Waals surface area contributed by atoms with Crippen LogP contribution < -0.4 is 0 Å². The van der Waals surface area contributed by atoms with Gasteiger partial charge in [-0.1, -0.05) is 61.5 Å². The molecular weight excluding hydrogens is 240 g/mol. The zero-order valence-corrected chi connectivity index (χ0v) is 13.9. The fourth-order valence-corrected chi connectivity index (χ4v) is 3.84. The molecule has 1 aromatic heterocycles. The van der Waals surface area contributed by atoms with Crippen molar-refractivity contribution >= 4 is 11.3 Å². The quantitative estimate of drug-likeness (QED) is 0.795. The molecule has 1 aromatic rings. The normalized spacial score (nSPS) is 17.6. The largest absolute Gasteiger partial charge is 0.383 e. The summed E-state index contributed by atoms with van der Waals surface area (Å²) in [6.07, 6.45) is 0. The van der Waals surface area contributed by atoms with E-state index < -0.39 is 5.60 Å². The van der Waals surface area contributed by atoms with Crippen molar-refractivity contribution in [3.05, 3.63) is 22.4 Å². The van der Waals surface area contributed by atoms with Gasteiger partial charge >= 0.3 is 0 Å². The fraction of sp³-hybridized carbons (Fsp3) is 0.750. The molecule has 1 unspecified atom stereocenters. The maximum atomic E-state index is 11.6. The van der Waals surface area contributed by atoms with Crippen LogP contribution in [0.25, 0.3) is 0 Å². The van der Waals surface area contributed by atoms with Crippen molar-refractivity contribution in [2.45, 2.75) is 61.0 Å². The van der Waals surface area contributed by atoms with Gasteiger partial charge in [-0.3, -0.25) is 0 Å². The summed E-state index contributed by atoms with van der Waals surface area (Å²) in [5.41, 5.74) is -1.27. The minimum Gasteiger partial charge on any atom is -0.383 e. The molecular formula is C16H28OS. The van der Waals surface area contributed by atoms with Crippen LogP contribution in [0, 0.1) is 16.2 Å². The van der Waals surface area contributed by atoms with Gasteiger partial charge in [0.15, 0.2) is 0 Å². The lowest BCUT2D eigenvalue weighted by molar-refractivity contribution is -0.188. The molecule has 2 heteroatoms. The second kappa shape index (κ2) is 4.35. The average molecular weight is 268 g/mol. The minimum absolute atomic E-state index is 0.0129. The highest BCUT2D eigenvalue weighted by atomic mass is 32.1. The molecule has 1 heterocycles. The molecule has 0 aliphatic rings. The Morgan fingerprint density at radius 3 is 1.67 bits per heavy atom. The van der Waals surface area contributed by atoms with Gasteiger partial charge in [-0.15, -0.1) is 11.3 Å². The lowest BCUT2D eigenvalue weighted by Crippen LogP contribution is -2.56. The van der Waals surface area contributed by atoms with Crippen molar-refractivity contribution in [2.75, 3.05) is 0 Å². The number of hydrogen-bond donors (Lipinski definition) is 1. The molecule has 1 rings (SSSR count). The summed E-state index contributed by atoms with van der Waals surface area (Å²) in [6.45, 7) is 17.3. The molecule has 0 saturated carbocycles. The van der Waals surface area contributed by atoms with E-state index in [4.69, 9.17) is 0 Å². The molecule has 0 fully saturated rings. The Labute approximate surface area is 116 Å². The monoisotopic (exact) mass is 268 g/mol. The van der Waals surface area contributed by atoms with Crippen LogP contribution in [0.2, 0.25) is 0 Å². The van der Waals surface area contributed by atoms with Gasteiger partial charge in [-0.2, -0.15) is 0 Å². The van der Waals surface area contributed by atoms with E-state index in [2.05, 4.69) is 61.5 Å². The molecule has 104 valence electrons. The molecule has 0 bridgehead atoms. The van der Waals surface area contributed by atoms with Crippen LogP contribution in [0.5, 0.6) is 0 Å². The summed E-state index contributed by atoms with van der Waals surface area (Å²) in [6, 6.07) is 4.08. The maximum absolute atomic E-state index is 11.6. The average Bonchev–Trinajstić information content (AvgIpc) is 2.65. The molecule has 1 N–H and O–H groups in total. The zero-order chi connectivity index (χ0) is 14.4. The second-order valence-corrected chi connectivity index (χ2v) is 8.76. The smallest absolute Gasteiger partial charge is 0.109 e. The van der Waals surface area contributed by atoms with Gasteiger partial charge in [0.25, 0.3) is 0 Å². The third kappa shape index (κ3) is 2.14. The first-order valence-electron chi connectivity index (χ1n) is 6.62. The van der Waals surface area contributed by atoms with Crippen molar-refractivity contribution in [1.29, 1.82) is 0 Å². The molecule has 1 nitrogen and oxygen atoms in total. The third-order valence-corrected chi connectivity index (χ3v) is 5.72. The van der Waals surface area contributed by atoms with E-state index in [1.54, 1.807) is 11.3 Å². The van der Waals surface area contributed by atoms with Crippen molar-refractivity contribution in [3.8, 4) is 0 Å². The summed E-state index contributed by atoms with van der Waals surface area (Å²) in [4.78, 5) is 1.06. The van der Waals surface area contributed by atoms with Crippen LogP contribution in [0.3, 0.4) is 0 Å². The Hall–Kier alpha value is -0.340. The van der Waals surface area contributed by atoms with E-state index in [9.17, 15) is 5.11 Å². The summed E-state index contributed by atoms with van der Waals surface area (Å²) in [7, 11) is 0. The molecule has 0 aliphatic heterocycles. The lowest BCUT2D eigenvalue weighted by atomic mass is 9.52. The summed E-state index contributed by atoms with van der Waals surface area (Å²) in [5, 5.41) is 13.6. The highest BCUT2D eigenvalue weighted by Crippen LogP contribution is 2.59. The molecule has 18 heavy (non-hydrogen) atoms. The molecule has 0 saturated heterocycles. The van der Waals surface area contributed by atoms with Gasteiger partial charge in [0, 0.05) is 10.3 Å². The predicted octanol–water partition coefficient (Wildman–Crippen LogP) is 5.05. The van der Waals surface area contributed by atoms with Crippen molar-refractivity contribution < 1.29 is 5.11 Å². The van der Waals surface area contributed by atoms with Gasteiger partial charge in [0.2, 0.25) is 0 Å². The van der Waals surface area contributed by atoms with Gasteiger partial charge in [0.1, 0.15) is 5.60 Å². The summed E-state index contributed by atoms with van der Waals surface area (Å²) < 4.78 is 0. The molecule has 1 atom stereocenters. The van der Waals surface area contributed by atoms with E-state index in [0.717, 1.165) is 4.88 Å². The molecule has 0 radical (unpaired) electrons. The van der Waals surface area contributed by atoms with E-state index in [1.165, 1.54) is 0 Å². The molecule has 0 aromatic carbocycles. The highest BCUT2D eigenvalue weighted by Gasteiger charge is 2.57. The summed E-state index contributed by atoms with van der Waals surface area (Å²) >= 11 is 1.65. The topological polar surface area (TPSA) is 20.2 Å². The highest BCUT2D eigenvalue weighted by molar-refractivity contribution is 7.10. The van der Waals surface area contributed by atoms with E-state index in [0.29, 0.717) is 0 Å². The third-order valence-electron chi connectivity index (χ3n) is 4.74. The molecule has 0 aliphatic carbocycles. The van der Waals surface area contributed by atoms with Crippen molar-refractivity contribution in [2.24, 2.45) is 16.2 Å². The first kappa shape index (κ1) is 15.7. The number of hydrogen-bond acceptors (Lipinski definition) is 2. The molecule has 0 amide bonds. The SMILES string of the molecule is CC(C)(C)C(C)(C)C(O)(c1cccs1)C(C)(C)C. The Bertz CT molecular complexity index is 390. The second-order valence-electron chi connectivity index (χ2n) is 7.81. The van der Waals surface area contributed by atoms with Gasteiger partial charge in [0.05, 0.1) is 0 Å². The number of thiophene rings is 1. The van der Waals surface area contributed by atoms with E-state index >= 15 is 0 Å². The Kier molecular flexibility index (Phi) is 3.79. The standard InChI is InChI=1S/C16H28OS/c1-13(2,3)15(7,8)16(17,14(4,5)6)12-10-9-11-18-12/h9-11,17H,1-8H3. The Balaban J connectivity index is 3.51. The maximum Gasteiger partial charge on any atom is 0.109 e. The number of aliphatic hydroxyl groups is 1. The van der Waals surface area contributed by atoms with E-state index in [-0.39, 0.29) is 16.2 Å². The van der Waals surface area contributed by atoms with Gasteiger partial charge in [-0.05, 0) is 22.3 Å². The van der Waals surface area contributed by atoms with Crippen LogP contribution in [-0.4, -0.2) is 5.11 Å². The van der Waals surface area contributed by atoms with Crippen LogP contribution in [-0.2, 0) is 5.60 Å². The summed E-state index contributed by atoms with van der Waals surface area (Å²) in [5.74, 6) is 0. The van der Waals surface area contributed by atoms with Crippen LogP contribution >= 0.6 is 11.3 Å². The van der Waals surface area contributed by atoms with Crippen LogP contribution in [0.4, 0.5) is 0 Å². The van der Waals surface area contributed by atoms with Crippen molar-refractivity contribution in [3.63, 3.8) is 0 Å².